The van der Waals surface area contributed by atoms with Crippen molar-refractivity contribution in [3.63, 3.8) is 0 Å². The van der Waals surface area contributed by atoms with E-state index >= 15 is 0 Å². The van der Waals surface area contributed by atoms with Gasteiger partial charge in [0.2, 0.25) is 0 Å². The van der Waals surface area contributed by atoms with Crippen molar-refractivity contribution in [3.8, 4) is 11.5 Å². The first-order valence-corrected chi connectivity index (χ1v) is 9.28. The Labute approximate surface area is 155 Å². The highest BCUT2D eigenvalue weighted by atomic mass is 16.5. The molecule has 0 radical (unpaired) electrons. The van der Waals surface area contributed by atoms with Crippen LogP contribution in [0.15, 0.2) is 66.7 Å². The fraction of sp³-hybridized carbons (Fsp3) is 0.250. The van der Waals surface area contributed by atoms with Crippen LogP contribution in [0.2, 0.25) is 0 Å². The Morgan fingerprint density at radius 2 is 1.35 bits per heavy atom. The van der Waals surface area contributed by atoms with E-state index in [1.807, 2.05) is 12.1 Å². The molecule has 3 aromatic rings. The lowest BCUT2D eigenvalue weighted by molar-refractivity contribution is 0.354. The number of phenolic OH excluding ortho intramolecular Hbond substituents is 1. The van der Waals surface area contributed by atoms with Crippen LogP contribution in [0.5, 0.6) is 11.5 Å². The summed E-state index contributed by atoms with van der Waals surface area (Å²) >= 11 is 0. The molecule has 2 heteroatoms. The first-order chi connectivity index (χ1) is 12.7. The molecule has 0 spiro atoms. The molecule has 0 aromatic heterocycles. The van der Waals surface area contributed by atoms with Gasteiger partial charge in [0.05, 0.1) is 6.61 Å². The molecule has 1 heterocycles. The summed E-state index contributed by atoms with van der Waals surface area (Å²) in [4.78, 5) is 0. The third-order valence-corrected chi connectivity index (χ3v) is 5.53. The van der Waals surface area contributed by atoms with Gasteiger partial charge in [-0.25, -0.2) is 0 Å². The molecule has 0 saturated carbocycles. The lowest BCUT2D eigenvalue weighted by Gasteiger charge is -2.25. The van der Waals surface area contributed by atoms with Crippen molar-refractivity contribution in [2.24, 2.45) is 0 Å². The number of rotatable bonds is 4. The zero-order valence-electron chi connectivity index (χ0n) is 15.3. The van der Waals surface area contributed by atoms with E-state index in [0.717, 1.165) is 17.7 Å². The van der Waals surface area contributed by atoms with Crippen molar-refractivity contribution < 1.29 is 9.84 Å². The molecular formula is C24H24O2. The van der Waals surface area contributed by atoms with Gasteiger partial charge in [-0.1, -0.05) is 74.5 Å². The smallest absolute Gasteiger partial charge is 0.126 e. The number of hydrogen-bond donors (Lipinski definition) is 1. The van der Waals surface area contributed by atoms with Gasteiger partial charge in [-0.3, -0.25) is 0 Å². The van der Waals surface area contributed by atoms with Crippen molar-refractivity contribution in [1.82, 2.24) is 0 Å². The predicted octanol–water partition coefficient (Wildman–Crippen LogP) is 5.63. The van der Waals surface area contributed by atoms with Crippen LogP contribution >= 0.6 is 0 Å². The van der Waals surface area contributed by atoms with Crippen LogP contribution in [0.1, 0.15) is 53.5 Å². The number of aromatic hydroxyl groups is 1. The number of phenols is 1. The van der Waals surface area contributed by atoms with Gasteiger partial charge < -0.3 is 9.84 Å². The molecule has 132 valence electrons. The Kier molecular flexibility index (Phi) is 4.42. The zero-order chi connectivity index (χ0) is 18.1. The maximum Gasteiger partial charge on any atom is 0.126 e. The topological polar surface area (TPSA) is 29.5 Å². The van der Waals surface area contributed by atoms with Crippen LogP contribution in [0, 0.1) is 0 Å². The van der Waals surface area contributed by atoms with Crippen LogP contribution in [0.3, 0.4) is 0 Å². The van der Waals surface area contributed by atoms with Crippen LogP contribution in [-0.2, 0) is 6.42 Å². The monoisotopic (exact) mass is 344 g/mol. The summed E-state index contributed by atoms with van der Waals surface area (Å²) in [7, 11) is 0. The van der Waals surface area contributed by atoms with Crippen molar-refractivity contribution in [2.45, 2.75) is 32.1 Å². The third-order valence-electron chi connectivity index (χ3n) is 5.53. The van der Waals surface area contributed by atoms with E-state index in [0.29, 0.717) is 12.4 Å². The molecule has 0 bridgehead atoms. The van der Waals surface area contributed by atoms with E-state index in [4.69, 9.17) is 4.74 Å². The minimum Gasteiger partial charge on any atom is -0.507 e. The number of hydrogen-bond acceptors (Lipinski definition) is 2. The molecule has 26 heavy (non-hydrogen) atoms. The first kappa shape index (κ1) is 16.7. The summed E-state index contributed by atoms with van der Waals surface area (Å²) in [6, 6.07) is 22.7. The molecule has 0 fully saturated rings. The molecule has 1 N–H and O–H groups in total. The highest BCUT2D eigenvalue weighted by Gasteiger charge is 2.29. The number of fused-ring (bicyclic) bond motifs is 1. The van der Waals surface area contributed by atoms with Crippen molar-refractivity contribution in [3.05, 3.63) is 94.5 Å². The van der Waals surface area contributed by atoms with Crippen LogP contribution in [0.4, 0.5) is 0 Å². The standard InChI is InChI=1S/C24H24O2/c1-16(18-9-5-3-6-10-18)23-20-13-14-26-22(20)15-21(25)24(23)17(2)19-11-7-4-8-12-19/h3-12,15-17,25H,13-14H2,1-2H3. The van der Waals surface area contributed by atoms with Crippen molar-refractivity contribution >= 4 is 0 Å². The molecule has 0 amide bonds. The summed E-state index contributed by atoms with van der Waals surface area (Å²) in [6.45, 7) is 5.09. The van der Waals surface area contributed by atoms with Crippen molar-refractivity contribution in [2.75, 3.05) is 6.61 Å². The molecule has 0 aliphatic carbocycles. The van der Waals surface area contributed by atoms with Gasteiger partial charge in [-0.15, -0.1) is 0 Å². The van der Waals surface area contributed by atoms with E-state index in [9.17, 15) is 5.11 Å². The van der Waals surface area contributed by atoms with E-state index in [1.54, 1.807) is 6.07 Å². The fourth-order valence-corrected chi connectivity index (χ4v) is 4.14. The van der Waals surface area contributed by atoms with E-state index in [1.165, 1.54) is 22.3 Å². The fourth-order valence-electron chi connectivity index (χ4n) is 4.14. The molecule has 4 rings (SSSR count). The summed E-state index contributed by atoms with van der Waals surface area (Å²) in [5.41, 5.74) is 5.96. The van der Waals surface area contributed by atoms with Gasteiger partial charge in [0.1, 0.15) is 11.5 Å². The van der Waals surface area contributed by atoms with Gasteiger partial charge in [0.25, 0.3) is 0 Å². The quantitative estimate of drug-likeness (QED) is 0.664. The van der Waals surface area contributed by atoms with Crippen LogP contribution < -0.4 is 4.74 Å². The second-order valence-electron chi connectivity index (χ2n) is 7.06. The molecule has 3 aromatic carbocycles. The van der Waals surface area contributed by atoms with E-state index < -0.39 is 0 Å². The second-order valence-corrected chi connectivity index (χ2v) is 7.06. The van der Waals surface area contributed by atoms with Crippen molar-refractivity contribution in [1.29, 1.82) is 0 Å². The Balaban J connectivity index is 1.91. The molecule has 1 aliphatic heterocycles. The largest absolute Gasteiger partial charge is 0.507 e. The maximum atomic E-state index is 10.9. The molecule has 2 unspecified atom stereocenters. The average Bonchev–Trinajstić information content (AvgIpc) is 3.15. The average molecular weight is 344 g/mol. The number of ether oxygens (including phenoxy) is 1. The Hall–Kier alpha value is -2.74. The summed E-state index contributed by atoms with van der Waals surface area (Å²) in [6.07, 6.45) is 0.899. The summed E-state index contributed by atoms with van der Waals surface area (Å²) < 4.78 is 5.79. The van der Waals surface area contributed by atoms with E-state index in [-0.39, 0.29) is 11.8 Å². The molecule has 1 aliphatic rings. The summed E-state index contributed by atoms with van der Waals surface area (Å²) in [5.74, 6) is 1.48. The second kappa shape index (κ2) is 6.87. The zero-order valence-corrected chi connectivity index (χ0v) is 15.3. The van der Waals surface area contributed by atoms with E-state index in [2.05, 4.69) is 62.4 Å². The molecular weight excluding hydrogens is 320 g/mol. The van der Waals surface area contributed by atoms with Crippen LogP contribution in [-0.4, -0.2) is 11.7 Å². The minimum atomic E-state index is 0.114. The Morgan fingerprint density at radius 3 is 1.92 bits per heavy atom. The molecule has 2 atom stereocenters. The normalized spacial score (nSPS) is 15.2. The minimum absolute atomic E-state index is 0.114. The SMILES string of the molecule is CC(c1ccccc1)c1c(O)cc2c(c1C(C)c1ccccc1)CCO2. The Morgan fingerprint density at radius 1 is 0.808 bits per heavy atom. The van der Waals surface area contributed by atoms with Gasteiger partial charge in [-0.05, 0) is 16.7 Å². The first-order valence-electron chi connectivity index (χ1n) is 9.28. The molecule has 2 nitrogen and oxygen atoms in total. The number of benzene rings is 3. The molecule has 0 saturated heterocycles. The van der Waals surface area contributed by atoms with Gasteiger partial charge in [0, 0.05) is 35.4 Å². The highest BCUT2D eigenvalue weighted by Crippen LogP contribution is 2.46. The predicted molar refractivity (Wildman–Crippen MR) is 105 cm³/mol. The lowest BCUT2D eigenvalue weighted by Crippen LogP contribution is -2.09. The maximum absolute atomic E-state index is 10.9. The summed E-state index contributed by atoms with van der Waals surface area (Å²) in [5, 5.41) is 10.9. The Bertz CT molecular complexity index is 900. The van der Waals surface area contributed by atoms with Crippen LogP contribution in [0.25, 0.3) is 0 Å². The highest BCUT2D eigenvalue weighted by molar-refractivity contribution is 5.59. The van der Waals surface area contributed by atoms with Gasteiger partial charge >= 0.3 is 0 Å². The van der Waals surface area contributed by atoms with Gasteiger partial charge in [0.15, 0.2) is 0 Å². The third kappa shape index (κ3) is 2.86. The van der Waals surface area contributed by atoms with Gasteiger partial charge in [-0.2, -0.15) is 0 Å². The lowest BCUT2D eigenvalue weighted by atomic mass is 9.79.